The quantitative estimate of drug-likeness (QED) is 0.132. The number of fused-ring (bicyclic) bond motifs is 1. The zero-order valence-corrected chi connectivity index (χ0v) is 18.8. The average molecular weight is 562 g/mol. The molecule has 0 aliphatic rings. The number of hydrogen-bond acceptors (Lipinski definition) is 6. The van der Waals surface area contributed by atoms with Gasteiger partial charge in [-0.05, 0) is 65.1 Å². The van der Waals surface area contributed by atoms with Crippen molar-refractivity contribution in [1.29, 1.82) is 5.53 Å². The number of aromatic hydroxyl groups is 1. The van der Waals surface area contributed by atoms with Crippen molar-refractivity contribution in [2.45, 2.75) is 0 Å². The lowest BCUT2D eigenvalue weighted by Crippen LogP contribution is -1.96. The van der Waals surface area contributed by atoms with E-state index in [4.69, 9.17) is 10.3 Å². The van der Waals surface area contributed by atoms with Gasteiger partial charge < -0.3 is 15.2 Å². The summed E-state index contributed by atoms with van der Waals surface area (Å²) in [6.45, 7) is 0. The van der Waals surface area contributed by atoms with E-state index in [0.29, 0.717) is 31.7 Å². The van der Waals surface area contributed by atoms with Crippen molar-refractivity contribution in [1.82, 2.24) is 4.98 Å². The fourth-order valence-electron chi connectivity index (χ4n) is 2.99. The van der Waals surface area contributed by atoms with E-state index in [2.05, 4.69) is 15.4 Å². The van der Waals surface area contributed by atoms with Crippen LogP contribution in [0.1, 0.15) is 5.69 Å². The van der Waals surface area contributed by atoms with Crippen LogP contribution in [0.2, 0.25) is 0 Å². The van der Waals surface area contributed by atoms with E-state index < -0.39 is 17.4 Å². The van der Waals surface area contributed by atoms with Crippen molar-refractivity contribution >= 4 is 44.9 Å². The van der Waals surface area contributed by atoms with E-state index in [0.717, 1.165) is 12.1 Å². The predicted octanol–water partition coefficient (Wildman–Crippen LogP) is 7.20. The van der Waals surface area contributed by atoms with E-state index in [1.165, 1.54) is 18.3 Å². The van der Waals surface area contributed by atoms with Crippen molar-refractivity contribution in [3.63, 3.8) is 0 Å². The molecule has 0 bridgehead atoms. The highest BCUT2D eigenvalue weighted by Gasteiger charge is 2.11. The molecule has 10 heteroatoms. The number of rotatable bonds is 6. The molecule has 3 aromatic carbocycles. The van der Waals surface area contributed by atoms with Gasteiger partial charge in [0.15, 0.2) is 17.4 Å². The first kappa shape index (κ1) is 22.5. The van der Waals surface area contributed by atoms with Crippen LogP contribution in [-0.2, 0) is 0 Å². The maximum atomic E-state index is 13.5. The molecule has 0 amide bonds. The Labute approximate surface area is 199 Å². The largest absolute Gasteiger partial charge is 0.503 e. The van der Waals surface area contributed by atoms with Crippen molar-refractivity contribution in [2.75, 3.05) is 5.32 Å². The number of pyridine rings is 1. The molecule has 0 spiro atoms. The van der Waals surface area contributed by atoms with Gasteiger partial charge in [-0.2, -0.15) is 5.11 Å². The van der Waals surface area contributed by atoms with Crippen molar-refractivity contribution in [3.8, 4) is 17.2 Å². The summed E-state index contributed by atoms with van der Waals surface area (Å²) in [5, 5.41) is 16.0. The minimum Gasteiger partial charge on any atom is -0.503 e. The maximum Gasteiger partial charge on any atom is 0.187 e. The molecule has 4 rings (SSSR count). The number of hydrogen-bond donors (Lipinski definition) is 3. The first-order valence-electron chi connectivity index (χ1n) is 9.41. The third-order valence-corrected chi connectivity index (χ3v) is 5.41. The highest BCUT2D eigenvalue weighted by molar-refractivity contribution is 14.1. The van der Waals surface area contributed by atoms with Crippen LogP contribution in [0.4, 0.5) is 18.9 Å². The minimum absolute atomic E-state index is 0.0226. The number of ether oxygens (including phenoxy) is 1. The lowest BCUT2D eigenvalue weighted by molar-refractivity contribution is 0.396. The summed E-state index contributed by atoms with van der Waals surface area (Å²) in [6, 6.07) is 14.8. The number of anilines is 1. The van der Waals surface area contributed by atoms with Gasteiger partial charge in [0, 0.05) is 29.4 Å². The normalized spacial score (nSPS) is 11.5. The average Bonchev–Trinajstić information content (AvgIpc) is 2.80. The summed E-state index contributed by atoms with van der Waals surface area (Å²) in [6.07, 6.45) is 1.27. The molecule has 1 aromatic heterocycles. The number of aromatic nitrogens is 1. The summed E-state index contributed by atoms with van der Waals surface area (Å²) < 4.78 is 46.9. The summed E-state index contributed by atoms with van der Waals surface area (Å²) in [7, 11) is 0. The first-order valence-corrected chi connectivity index (χ1v) is 10.5. The molecule has 0 saturated heterocycles. The highest BCUT2D eigenvalue weighted by Crippen LogP contribution is 2.31. The fraction of sp³-hybridized carbons (Fsp3) is 0. The zero-order valence-electron chi connectivity index (χ0n) is 16.6. The number of nitrogens with zero attached hydrogens (tertiary/aromatic N) is 2. The molecule has 0 unspecified atom stereocenters. The number of phenolic OH excluding ortho intramolecular Hbond substituents is 1. The smallest absolute Gasteiger partial charge is 0.187 e. The topological polar surface area (TPSA) is 90.6 Å². The van der Waals surface area contributed by atoms with Crippen LogP contribution in [0.3, 0.4) is 0 Å². The molecule has 0 fully saturated rings. The first-order chi connectivity index (χ1) is 15.9. The van der Waals surface area contributed by atoms with Crippen molar-refractivity contribution in [3.05, 3.63) is 93.6 Å². The van der Waals surface area contributed by atoms with E-state index in [1.807, 2.05) is 22.6 Å². The number of phenols is 1. The Balaban J connectivity index is 1.63. The van der Waals surface area contributed by atoms with Gasteiger partial charge in [0.25, 0.3) is 0 Å². The maximum absolute atomic E-state index is 13.5. The van der Waals surface area contributed by atoms with Crippen LogP contribution in [0.5, 0.6) is 17.2 Å². The van der Waals surface area contributed by atoms with E-state index in [9.17, 15) is 18.3 Å². The van der Waals surface area contributed by atoms with Crippen LogP contribution in [0, 0.1) is 26.6 Å². The van der Waals surface area contributed by atoms with Crippen LogP contribution in [0.25, 0.3) is 16.6 Å². The SMILES string of the molecule is N=N/C(=C\Nc1cc(F)c(O)c(F)c1)c1ccc2c(Oc3ccc(F)c(I)c3)cccc2n1. The molecule has 33 heavy (non-hydrogen) atoms. The monoisotopic (exact) mass is 562 g/mol. The van der Waals surface area contributed by atoms with Crippen LogP contribution < -0.4 is 10.1 Å². The molecular formula is C23H14F3IN4O2. The lowest BCUT2D eigenvalue weighted by Gasteiger charge is -2.10. The number of benzene rings is 3. The van der Waals surface area contributed by atoms with Crippen LogP contribution in [-0.4, -0.2) is 10.1 Å². The molecule has 4 aromatic rings. The van der Waals surface area contributed by atoms with Gasteiger partial charge in [0.1, 0.15) is 23.0 Å². The van der Waals surface area contributed by atoms with Gasteiger partial charge in [-0.25, -0.2) is 23.7 Å². The van der Waals surface area contributed by atoms with Crippen molar-refractivity contribution < 1.29 is 23.0 Å². The number of nitrogens with one attached hydrogen (secondary N) is 2. The van der Waals surface area contributed by atoms with Gasteiger partial charge in [-0.15, -0.1) is 0 Å². The molecule has 0 aliphatic carbocycles. The summed E-state index contributed by atoms with van der Waals surface area (Å²) in [5.41, 5.74) is 8.46. The molecule has 0 radical (unpaired) electrons. The highest BCUT2D eigenvalue weighted by atomic mass is 127. The van der Waals surface area contributed by atoms with E-state index in [1.54, 1.807) is 36.4 Å². The van der Waals surface area contributed by atoms with Crippen molar-refractivity contribution in [2.24, 2.45) is 5.11 Å². The molecule has 1 heterocycles. The Bertz CT molecular complexity index is 1390. The van der Waals surface area contributed by atoms with Gasteiger partial charge in [-0.1, -0.05) is 6.07 Å². The molecule has 0 saturated carbocycles. The van der Waals surface area contributed by atoms with E-state index >= 15 is 0 Å². The van der Waals surface area contributed by atoms with Gasteiger partial charge >= 0.3 is 0 Å². The Hall–Kier alpha value is -3.67. The number of halogens is 4. The summed E-state index contributed by atoms with van der Waals surface area (Å²) in [5.74, 6) is -2.67. The predicted molar refractivity (Wildman–Crippen MR) is 126 cm³/mol. The molecule has 6 nitrogen and oxygen atoms in total. The van der Waals surface area contributed by atoms with Crippen LogP contribution in [0.15, 0.2) is 72.0 Å². The van der Waals surface area contributed by atoms with Gasteiger partial charge in [-0.3, -0.25) is 0 Å². The fourth-order valence-corrected chi connectivity index (χ4v) is 3.48. The Morgan fingerprint density at radius 2 is 1.79 bits per heavy atom. The summed E-state index contributed by atoms with van der Waals surface area (Å²) in [4.78, 5) is 4.49. The molecule has 0 atom stereocenters. The Morgan fingerprint density at radius 1 is 1.03 bits per heavy atom. The summed E-state index contributed by atoms with van der Waals surface area (Å²) >= 11 is 1.88. The lowest BCUT2D eigenvalue weighted by atomic mass is 10.1. The second-order valence-electron chi connectivity index (χ2n) is 6.77. The van der Waals surface area contributed by atoms with Gasteiger partial charge in [0.05, 0.1) is 14.8 Å². The molecule has 166 valence electrons. The molecule has 3 N–H and O–H groups in total. The molecule has 0 aliphatic heterocycles. The zero-order chi connectivity index (χ0) is 23.5. The second-order valence-corrected chi connectivity index (χ2v) is 7.93. The third kappa shape index (κ3) is 4.90. The Kier molecular flexibility index (Phi) is 6.45. The van der Waals surface area contributed by atoms with Crippen LogP contribution >= 0.6 is 22.6 Å². The minimum atomic E-state index is -1.12. The third-order valence-electron chi connectivity index (χ3n) is 4.59. The standard InChI is InChI=1S/C23H14F3IN4O2/c24-15-6-4-13(10-18(15)27)33-22-3-1-2-19-14(22)5-7-20(30-19)21(31-28)11-29-12-8-16(25)23(32)17(26)9-12/h1-11,28-29,32H/b21-11-,31-28?. The van der Waals surface area contributed by atoms with Gasteiger partial charge in [0.2, 0.25) is 0 Å². The Morgan fingerprint density at radius 3 is 2.48 bits per heavy atom. The van der Waals surface area contributed by atoms with E-state index in [-0.39, 0.29) is 17.2 Å². The molecular weight excluding hydrogens is 548 g/mol. The second kappa shape index (κ2) is 9.45.